The van der Waals surface area contributed by atoms with Crippen LogP contribution in [0.15, 0.2) is 18.2 Å². The molecule has 6 heteroatoms. The number of ketones is 1. The van der Waals surface area contributed by atoms with Crippen molar-refractivity contribution in [2.75, 3.05) is 0 Å². The Morgan fingerprint density at radius 1 is 1.53 bits per heavy atom. The fourth-order valence-electron chi connectivity index (χ4n) is 1.36. The zero-order valence-corrected chi connectivity index (χ0v) is 11.3. The van der Waals surface area contributed by atoms with E-state index >= 15 is 0 Å². The lowest BCUT2D eigenvalue weighted by Gasteiger charge is -2.14. The molecule has 0 spiro atoms. The second-order valence-corrected chi connectivity index (χ2v) is 4.50. The molecule has 17 heavy (non-hydrogen) atoms. The van der Waals surface area contributed by atoms with Crippen LogP contribution in [0.2, 0.25) is 0 Å². The largest absolute Gasteiger partial charge is 0.434 e. The van der Waals surface area contributed by atoms with Crippen LogP contribution in [0.5, 0.6) is 5.75 Å². The number of ether oxygens (including phenoxy) is 1. The third-order valence-corrected chi connectivity index (χ3v) is 2.88. The average Bonchev–Trinajstić information content (AvgIpc) is 2.26. The predicted molar refractivity (Wildman–Crippen MR) is 65.4 cm³/mol. The SMILES string of the molecule is CC(Cl)C(=O)c1c(CBr)cccc1OC(F)F. The fourth-order valence-corrected chi connectivity index (χ4v) is 1.94. The van der Waals surface area contributed by atoms with E-state index in [0.717, 1.165) is 0 Å². The summed E-state index contributed by atoms with van der Waals surface area (Å²) in [6.07, 6.45) is 0. The van der Waals surface area contributed by atoms with Gasteiger partial charge < -0.3 is 4.74 Å². The highest BCUT2D eigenvalue weighted by Crippen LogP contribution is 2.28. The van der Waals surface area contributed by atoms with Crippen molar-refractivity contribution in [1.82, 2.24) is 0 Å². The van der Waals surface area contributed by atoms with Crippen molar-refractivity contribution < 1.29 is 18.3 Å². The van der Waals surface area contributed by atoms with Crippen LogP contribution in [0, 0.1) is 0 Å². The number of alkyl halides is 4. The highest BCUT2D eigenvalue weighted by Gasteiger charge is 2.22. The lowest BCUT2D eigenvalue weighted by Crippen LogP contribution is -2.16. The summed E-state index contributed by atoms with van der Waals surface area (Å²) >= 11 is 8.88. The molecule has 0 saturated carbocycles. The Morgan fingerprint density at radius 2 is 2.18 bits per heavy atom. The summed E-state index contributed by atoms with van der Waals surface area (Å²) < 4.78 is 28.8. The standard InChI is InChI=1S/C11H10BrClF2O2/c1-6(13)10(16)9-7(5-12)3-2-4-8(9)17-11(14)15/h2-4,6,11H,5H2,1H3. The first-order valence-corrected chi connectivity index (χ1v) is 6.34. The molecule has 0 bridgehead atoms. The molecule has 1 aromatic carbocycles. The number of hydrogen-bond donors (Lipinski definition) is 0. The lowest BCUT2D eigenvalue weighted by atomic mass is 10.0. The van der Waals surface area contributed by atoms with Crippen LogP contribution in [0.3, 0.4) is 0 Å². The molecule has 0 aliphatic rings. The molecule has 0 amide bonds. The van der Waals surface area contributed by atoms with E-state index in [1.54, 1.807) is 12.1 Å². The smallest absolute Gasteiger partial charge is 0.387 e. The molecule has 94 valence electrons. The average molecular weight is 328 g/mol. The van der Waals surface area contributed by atoms with Crippen molar-refractivity contribution in [3.8, 4) is 5.75 Å². The summed E-state index contributed by atoms with van der Waals surface area (Å²) in [4.78, 5) is 11.8. The van der Waals surface area contributed by atoms with Crippen molar-refractivity contribution in [3.63, 3.8) is 0 Å². The number of Topliss-reactive ketones (excluding diaryl/α,β-unsaturated/α-hetero) is 1. The number of benzene rings is 1. The molecule has 0 aliphatic carbocycles. The Hall–Kier alpha value is -0.680. The summed E-state index contributed by atoms with van der Waals surface area (Å²) in [6, 6.07) is 4.52. The molecule has 0 radical (unpaired) electrons. The third-order valence-electron chi connectivity index (χ3n) is 2.08. The molecule has 2 nitrogen and oxygen atoms in total. The van der Waals surface area contributed by atoms with Gasteiger partial charge in [-0.1, -0.05) is 28.1 Å². The topological polar surface area (TPSA) is 26.3 Å². The Balaban J connectivity index is 3.25. The van der Waals surface area contributed by atoms with Crippen LogP contribution in [0.1, 0.15) is 22.8 Å². The van der Waals surface area contributed by atoms with E-state index in [1.807, 2.05) is 0 Å². The van der Waals surface area contributed by atoms with Gasteiger partial charge in [0.25, 0.3) is 0 Å². The Labute approximate surface area is 111 Å². The number of rotatable bonds is 5. The zero-order valence-electron chi connectivity index (χ0n) is 8.92. The van der Waals surface area contributed by atoms with E-state index in [4.69, 9.17) is 11.6 Å². The monoisotopic (exact) mass is 326 g/mol. The summed E-state index contributed by atoms with van der Waals surface area (Å²) in [5.41, 5.74) is 0.674. The van der Waals surface area contributed by atoms with Gasteiger partial charge in [-0.3, -0.25) is 4.79 Å². The Kier molecular flexibility index (Phi) is 5.33. The van der Waals surface area contributed by atoms with Gasteiger partial charge in [-0.05, 0) is 18.6 Å². The summed E-state index contributed by atoms with van der Waals surface area (Å²) in [5.74, 6) is -0.577. The molecule has 0 fully saturated rings. The van der Waals surface area contributed by atoms with Crippen molar-refractivity contribution in [3.05, 3.63) is 29.3 Å². The molecule has 1 atom stereocenters. The van der Waals surface area contributed by atoms with Gasteiger partial charge in [0.15, 0.2) is 5.78 Å². The van der Waals surface area contributed by atoms with Crippen molar-refractivity contribution >= 4 is 33.3 Å². The Bertz CT molecular complexity index is 410. The van der Waals surface area contributed by atoms with Crippen LogP contribution in [0.25, 0.3) is 0 Å². The molecular formula is C11H10BrClF2O2. The minimum atomic E-state index is -2.97. The van der Waals surface area contributed by atoms with Gasteiger partial charge in [0.1, 0.15) is 5.75 Å². The van der Waals surface area contributed by atoms with E-state index in [-0.39, 0.29) is 11.3 Å². The number of carbonyl (C=O) groups excluding carboxylic acids is 1. The molecule has 1 aromatic rings. The van der Waals surface area contributed by atoms with E-state index in [1.165, 1.54) is 13.0 Å². The van der Waals surface area contributed by atoms with E-state index in [2.05, 4.69) is 20.7 Å². The van der Waals surface area contributed by atoms with Crippen molar-refractivity contribution in [2.45, 2.75) is 24.2 Å². The highest BCUT2D eigenvalue weighted by atomic mass is 79.9. The number of halogens is 4. The van der Waals surface area contributed by atoms with Crippen molar-refractivity contribution in [2.24, 2.45) is 0 Å². The molecular weight excluding hydrogens is 317 g/mol. The molecule has 0 aromatic heterocycles. The van der Waals surface area contributed by atoms with Gasteiger partial charge in [0.2, 0.25) is 0 Å². The molecule has 0 heterocycles. The normalized spacial score (nSPS) is 12.6. The van der Waals surface area contributed by atoms with Crippen molar-refractivity contribution in [1.29, 1.82) is 0 Å². The zero-order chi connectivity index (χ0) is 13.0. The maximum atomic E-state index is 12.2. The van der Waals surface area contributed by atoms with E-state index in [0.29, 0.717) is 10.9 Å². The van der Waals surface area contributed by atoms with Crippen LogP contribution >= 0.6 is 27.5 Å². The van der Waals surface area contributed by atoms with Gasteiger partial charge in [0, 0.05) is 5.33 Å². The van der Waals surface area contributed by atoms with Crippen LogP contribution in [-0.4, -0.2) is 17.8 Å². The first-order chi connectivity index (χ1) is 7.97. The fraction of sp³-hybridized carbons (Fsp3) is 0.364. The lowest BCUT2D eigenvalue weighted by molar-refractivity contribution is -0.0501. The second kappa shape index (κ2) is 6.31. The minimum Gasteiger partial charge on any atom is -0.434 e. The minimum absolute atomic E-state index is 0.104. The van der Waals surface area contributed by atoms with Crippen LogP contribution in [0.4, 0.5) is 8.78 Å². The first-order valence-electron chi connectivity index (χ1n) is 4.78. The second-order valence-electron chi connectivity index (χ2n) is 3.28. The molecule has 0 N–H and O–H groups in total. The van der Waals surface area contributed by atoms with Gasteiger partial charge in [-0.2, -0.15) is 8.78 Å². The van der Waals surface area contributed by atoms with E-state index < -0.39 is 17.8 Å². The van der Waals surface area contributed by atoms with Crippen LogP contribution in [-0.2, 0) is 5.33 Å². The number of carbonyl (C=O) groups is 1. The molecule has 1 unspecified atom stereocenters. The maximum absolute atomic E-state index is 12.2. The van der Waals surface area contributed by atoms with Gasteiger partial charge in [-0.15, -0.1) is 11.6 Å². The van der Waals surface area contributed by atoms with Crippen LogP contribution < -0.4 is 4.74 Å². The number of hydrogen-bond acceptors (Lipinski definition) is 2. The predicted octanol–water partition coefficient (Wildman–Crippen LogP) is 3.99. The highest BCUT2D eigenvalue weighted by molar-refractivity contribution is 9.08. The molecule has 0 saturated heterocycles. The molecule has 1 rings (SSSR count). The summed E-state index contributed by atoms with van der Waals surface area (Å²) in [7, 11) is 0. The first kappa shape index (κ1) is 14.4. The van der Waals surface area contributed by atoms with Gasteiger partial charge >= 0.3 is 6.61 Å². The van der Waals surface area contributed by atoms with E-state index in [9.17, 15) is 13.6 Å². The molecule has 0 aliphatic heterocycles. The Morgan fingerprint density at radius 3 is 2.65 bits per heavy atom. The quantitative estimate of drug-likeness (QED) is 0.604. The summed E-state index contributed by atoms with van der Waals surface area (Å²) in [6.45, 7) is -1.49. The van der Waals surface area contributed by atoms with Gasteiger partial charge in [-0.25, -0.2) is 0 Å². The summed E-state index contributed by atoms with van der Waals surface area (Å²) in [5, 5.41) is -0.437. The third kappa shape index (κ3) is 3.64. The van der Waals surface area contributed by atoms with Gasteiger partial charge in [0.05, 0.1) is 10.9 Å². The maximum Gasteiger partial charge on any atom is 0.387 e.